The van der Waals surface area contributed by atoms with Crippen molar-refractivity contribution in [2.45, 2.75) is 87.8 Å². The molecule has 0 unspecified atom stereocenters. The van der Waals surface area contributed by atoms with Crippen molar-refractivity contribution in [3.63, 3.8) is 0 Å². The number of nitrogens with zero attached hydrogens (tertiary/aromatic N) is 1. The predicted octanol–water partition coefficient (Wildman–Crippen LogP) is -1.46. The topological polar surface area (TPSA) is 209 Å². The highest BCUT2D eigenvalue weighted by molar-refractivity contribution is 7.46. The van der Waals surface area contributed by atoms with E-state index in [0.29, 0.717) is 12.1 Å². The molecule has 0 bridgehead atoms. The number of phosphoric acid groups is 1. The molecule has 1 aliphatic carbocycles. The number of phosphoric ester groups is 1. The molecule has 37 heavy (non-hydrogen) atoms. The summed E-state index contributed by atoms with van der Waals surface area (Å²) in [4.78, 5) is 34.6. The number of aliphatic hydroxyl groups excluding tert-OH is 2. The maximum Gasteiger partial charge on any atom is 0.524 e. The van der Waals surface area contributed by atoms with Crippen LogP contribution in [0, 0.1) is 5.92 Å². The van der Waals surface area contributed by atoms with Crippen LogP contribution in [0.4, 0.5) is 0 Å². The van der Waals surface area contributed by atoms with Crippen molar-refractivity contribution in [3.05, 3.63) is 24.0 Å². The van der Waals surface area contributed by atoms with Gasteiger partial charge in [0.2, 0.25) is 18.0 Å². The maximum absolute atomic E-state index is 12.9. The summed E-state index contributed by atoms with van der Waals surface area (Å²) in [6, 6.07) is 1.04. The van der Waals surface area contributed by atoms with E-state index in [1.807, 2.05) is 6.92 Å². The van der Waals surface area contributed by atoms with Crippen LogP contribution < -0.4 is 15.2 Å². The Hall–Kier alpha value is -1.71. The zero-order valence-electron chi connectivity index (χ0n) is 20.6. The van der Waals surface area contributed by atoms with E-state index in [2.05, 4.69) is 20.1 Å². The Kier molecular flexibility index (Phi) is 8.27. The lowest BCUT2D eigenvalue weighted by Gasteiger charge is -2.58. The number of nitrogens with one attached hydrogen (secondary N) is 2. The second-order valence-corrected chi connectivity index (χ2v) is 10.8. The summed E-state index contributed by atoms with van der Waals surface area (Å²) in [5.41, 5.74) is 0.291. The molecule has 3 fully saturated rings. The zero-order chi connectivity index (χ0) is 27.1. The van der Waals surface area contributed by atoms with E-state index >= 15 is 0 Å². The highest BCUT2D eigenvalue weighted by atomic mass is 31.2. The van der Waals surface area contributed by atoms with Gasteiger partial charge in [0.1, 0.15) is 18.0 Å². The molecular formula is C22H34N3O11P. The van der Waals surface area contributed by atoms with Gasteiger partial charge in [-0.1, -0.05) is 6.92 Å². The first kappa shape index (κ1) is 28.3. The van der Waals surface area contributed by atoms with Crippen LogP contribution in [0.25, 0.3) is 0 Å². The minimum Gasteiger partial charge on any atom is -0.403 e. The average molecular weight is 547 g/mol. The smallest absolute Gasteiger partial charge is 0.403 e. The van der Waals surface area contributed by atoms with Gasteiger partial charge in [-0.25, -0.2) is 4.57 Å². The highest BCUT2D eigenvalue weighted by Gasteiger charge is 2.63. The third-order valence-corrected chi connectivity index (χ3v) is 7.58. The molecule has 7 N–H and O–H groups in total. The Balaban J connectivity index is 1.49. The van der Waals surface area contributed by atoms with Crippen LogP contribution in [0.3, 0.4) is 0 Å². The number of carbonyl (C=O) groups is 1. The van der Waals surface area contributed by atoms with Gasteiger partial charge in [0, 0.05) is 11.6 Å². The molecule has 14 nitrogen and oxygen atoms in total. The monoisotopic (exact) mass is 547 g/mol. The van der Waals surface area contributed by atoms with Crippen LogP contribution in [-0.4, -0.2) is 97.7 Å². The molecule has 2 saturated heterocycles. The summed E-state index contributed by atoms with van der Waals surface area (Å²) in [6.45, 7) is 3.60. The fraction of sp³-hybridized carbons (Fsp3) is 0.727. The zero-order valence-corrected chi connectivity index (χ0v) is 21.5. The van der Waals surface area contributed by atoms with Crippen molar-refractivity contribution in [2.75, 3.05) is 7.05 Å². The molecule has 2 aliphatic heterocycles. The number of fused-ring (bicyclic) bond motifs is 2. The number of hydrogen-bond donors (Lipinski definition) is 7. The van der Waals surface area contributed by atoms with E-state index in [9.17, 15) is 24.7 Å². The van der Waals surface area contributed by atoms with Crippen molar-refractivity contribution in [1.29, 1.82) is 0 Å². The molecule has 0 spiro atoms. The summed E-state index contributed by atoms with van der Waals surface area (Å²) in [5, 5.41) is 39.0. The number of carbonyl (C=O) groups excluding carboxylic acids is 1. The molecule has 0 radical (unpaired) electrons. The van der Waals surface area contributed by atoms with Gasteiger partial charge >= 0.3 is 7.82 Å². The van der Waals surface area contributed by atoms with Crippen LogP contribution in [0.15, 0.2) is 18.3 Å². The van der Waals surface area contributed by atoms with Crippen LogP contribution in [0.2, 0.25) is 0 Å². The van der Waals surface area contributed by atoms with E-state index < -0.39 is 74.3 Å². The normalized spacial score (nSPS) is 39.8. The molecule has 15 heteroatoms. The van der Waals surface area contributed by atoms with Crippen molar-refractivity contribution in [3.8, 4) is 5.75 Å². The molecule has 208 valence electrons. The van der Waals surface area contributed by atoms with Gasteiger partial charge in [0.25, 0.3) is 0 Å². The van der Waals surface area contributed by atoms with E-state index in [-0.39, 0.29) is 18.6 Å². The van der Waals surface area contributed by atoms with Crippen LogP contribution >= 0.6 is 7.82 Å². The Morgan fingerprint density at radius 3 is 2.57 bits per heavy atom. The molecule has 0 aromatic carbocycles. The van der Waals surface area contributed by atoms with Crippen molar-refractivity contribution in [1.82, 2.24) is 15.6 Å². The summed E-state index contributed by atoms with van der Waals surface area (Å²) in [5.74, 6) is -3.24. The van der Waals surface area contributed by atoms with Crippen molar-refractivity contribution in [2.24, 2.45) is 5.92 Å². The molecule has 1 aromatic rings. The van der Waals surface area contributed by atoms with Gasteiger partial charge in [-0.3, -0.25) is 19.6 Å². The Labute approximate surface area is 213 Å². The lowest BCUT2D eigenvalue weighted by Crippen LogP contribution is -2.77. The van der Waals surface area contributed by atoms with Gasteiger partial charge in [-0.15, -0.1) is 0 Å². The van der Waals surface area contributed by atoms with Crippen molar-refractivity contribution >= 4 is 13.7 Å². The van der Waals surface area contributed by atoms with E-state index in [4.69, 9.17) is 24.0 Å². The maximum atomic E-state index is 12.9. The SMILES string of the molecule is CC[C@@H]1[C@H](O)[C@H](NC)[C@H]2O[C@]3(O)[C@H](O[C@@H]2[C@H]1O)O[C@H](C)C[C@H]3NC(=O)Cc1ccc(OP(=O)(O)O)cn1. The number of hydrogen-bond acceptors (Lipinski definition) is 11. The number of aliphatic hydroxyl groups is 3. The first-order valence-electron chi connectivity index (χ1n) is 12.1. The van der Waals surface area contributed by atoms with Gasteiger partial charge in [0.05, 0.1) is 43.0 Å². The number of amides is 1. The molecule has 3 heterocycles. The van der Waals surface area contributed by atoms with Crippen LogP contribution in [0.1, 0.15) is 32.4 Å². The minimum absolute atomic E-state index is 0.156. The largest absolute Gasteiger partial charge is 0.524 e. The Bertz CT molecular complexity index is 1010. The highest BCUT2D eigenvalue weighted by Crippen LogP contribution is 2.43. The van der Waals surface area contributed by atoms with Crippen LogP contribution in [0.5, 0.6) is 5.75 Å². The molecular weight excluding hydrogens is 513 g/mol. The quantitative estimate of drug-likeness (QED) is 0.195. The van der Waals surface area contributed by atoms with E-state index in [1.165, 1.54) is 12.1 Å². The summed E-state index contributed by atoms with van der Waals surface area (Å²) in [6.07, 6.45) is -3.99. The summed E-state index contributed by atoms with van der Waals surface area (Å²) < 4.78 is 33.3. The Morgan fingerprint density at radius 2 is 1.97 bits per heavy atom. The van der Waals surface area contributed by atoms with Crippen LogP contribution in [-0.2, 0) is 30.0 Å². The number of rotatable bonds is 7. The predicted molar refractivity (Wildman–Crippen MR) is 125 cm³/mol. The number of aromatic nitrogens is 1. The summed E-state index contributed by atoms with van der Waals surface area (Å²) >= 11 is 0. The average Bonchev–Trinajstić information content (AvgIpc) is 2.80. The molecule has 1 amide bonds. The van der Waals surface area contributed by atoms with Gasteiger partial charge in [-0.2, -0.15) is 0 Å². The molecule has 4 rings (SSSR count). The molecule has 3 aliphatic rings. The second kappa shape index (κ2) is 10.8. The van der Waals surface area contributed by atoms with E-state index in [1.54, 1.807) is 14.0 Å². The molecule has 1 saturated carbocycles. The number of ether oxygens (including phenoxy) is 3. The fourth-order valence-electron chi connectivity index (χ4n) is 5.36. The van der Waals surface area contributed by atoms with Crippen molar-refractivity contribution < 1.29 is 53.2 Å². The fourth-order valence-corrected chi connectivity index (χ4v) is 5.74. The first-order chi connectivity index (χ1) is 17.4. The lowest BCUT2D eigenvalue weighted by molar-refractivity contribution is -0.450. The minimum atomic E-state index is -4.73. The third kappa shape index (κ3) is 5.83. The third-order valence-electron chi connectivity index (χ3n) is 7.13. The van der Waals surface area contributed by atoms with Gasteiger partial charge in [0.15, 0.2) is 0 Å². The number of pyridine rings is 1. The second-order valence-electron chi connectivity index (χ2n) is 9.68. The number of likely N-dealkylation sites (N-methyl/N-ethyl adjacent to an activating group) is 1. The van der Waals surface area contributed by atoms with E-state index in [0.717, 1.165) is 6.20 Å². The van der Waals surface area contributed by atoms with Gasteiger partial charge < -0.3 is 44.7 Å². The first-order valence-corrected chi connectivity index (χ1v) is 13.6. The Morgan fingerprint density at radius 1 is 1.24 bits per heavy atom. The standard InChI is InChI=1S/C22H34N3O11P/c1-4-13-17(27)16(23-3)19-20(18(13)28)34-21-22(29,35-19)14(7-10(2)33-21)25-15(26)8-11-5-6-12(9-24-11)36-37(30,31)32/h5-6,9-10,13-14,16-21,23,27-29H,4,7-8H2,1-3H3,(H,25,26)(H2,30,31,32)/t10-,13-,14-,16+,17+,18+,19-,20-,21+,22+/m1/s1. The lowest BCUT2D eigenvalue weighted by atomic mass is 9.74. The molecule has 10 atom stereocenters. The summed E-state index contributed by atoms with van der Waals surface area (Å²) in [7, 11) is -3.10. The van der Waals surface area contributed by atoms with Gasteiger partial charge in [-0.05, 0) is 38.9 Å². The molecule has 1 aromatic heterocycles.